The van der Waals surface area contributed by atoms with Crippen molar-refractivity contribution in [3.8, 4) is 17.3 Å². The van der Waals surface area contributed by atoms with E-state index in [-0.39, 0.29) is 35.4 Å². The molecule has 0 bridgehead atoms. The lowest BCUT2D eigenvalue weighted by Gasteiger charge is -2.29. The molecule has 2 aromatic heterocycles. The SMILES string of the molecule is O=C1NCCN1C1(c2ccc(Oc3ccc(-n4ncc(NCC5(F)CCCOC5)c(Cl)c4=O)cn3)cc2)CC1. The fraction of sp³-hybridized carbons (Fsp3) is 0.407. The van der Waals surface area contributed by atoms with Crippen molar-refractivity contribution in [2.75, 3.05) is 38.2 Å². The lowest BCUT2D eigenvalue weighted by atomic mass is 9.99. The smallest absolute Gasteiger partial charge is 0.318 e. The molecule has 1 atom stereocenters. The first kappa shape index (κ1) is 25.6. The Bertz CT molecular complexity index is 1420. The fourth-order valence-electron chi connectivity index (χ4n) is 5.18. The van der Waals surface area contributed by atoms with Crippen molar-refractivity contribution in [2.45, 2.75) is 36.9 Å². The van der Waals surface area contributed by atoms with Crippen LogP contribution in [0.25, 0.3) is 5.69 Å². The van der Waals surface area contributed by atoms with E-state index in [0.717, 1.165) is 23.1 Å². The fourth-order valence-corrected chi connectivity index (χ4v) is 5.37. The van der Waals surface area contributed by atoms with Crippen LogP contribution < -0.4 is 20.9 Å². The number of alkyl halides is 1. The zero-order valence-corrected chi connectivity index (χ0v) is 21.9. The first-order valence-corrected chi connectivity index (χ1v) is 13.3. The molecule has 1 unspecified atom stereocenters. The van der Waals surface area contributed by atoms with E-state index in [0.29, 0.717) is 49.9 Å². The summed E-state index contributed by atoms with van der Waals surface area (Å²) in [4.78, 5) is 31.2. The van der Waals surface area contributed by atoms with Crippen molar-refractivity contribution in [3.05, 3.63) is 69.7 Å². The number of nitrogens with one attached hydrogen (secondary N) is 2. The van der Waals surface area contributed by atoms with E-state index in [2.05, 4.69) is 20.7 Å². The molecule has 39 heavy (non-hydrogen) atoms. The van der Waals surface area contributed by atoms with Gasteiger partial charge in [-0.05, 0) is 49.4 Å². The van der Waals surface area contributed by atoms with Crippen LogP contribution in [-0.4, -0.2) is 64.2 Å². The van der Waals surface area contributed by atoms with Gasteiger partial charge in [0.25, 0.3) is 5.56 Å². The summed E-state index contributed by atoms with van der Waals surface area (Å²) in [5.74, 6) is 0.940. The molecule has 2 aliphatic heterocycles. The van der Waals surface area contributed by atoms with Gasteiger partial charge in [-0.2, -0.15) is 9.78 Å². The molecule has 10 nitrogen and oxygen atoms in total. The van der Waals surface area contributed by atoms with Crippen molar-refractivity contribution in [1.29, 1.82) is 0 Å². The summed E-state index contributed by atoms with van der Waals surface area (Å²) in [7, 11) is 0. The number of rotatable bonds is 8. The monoisotopic (exact) mass is 554 g/mol. The number of benzene rings is 1. The van der Waals surface area contributed by atoms with Crippen LogP contribution in [0.1, 0.15) is 31.2 Å². The predicted octanol–water partition coefficient (Wildman–Crippen LogP) is 4.02. The highest BCUT2D eigenvalue weighted by molar-refractivity contribution is 6.32. The van der Waals surface area contributed by atoms with Gasteiger partial charge in [-0.3, -0.25) is 4.79 Å². The Morgan fingerprint density at radius 1 is 1.13 bits per heavy atom. The van der Waals surface area contributed by atoms with Gasteiger partial charge in [-0.25, -0.2) is 14.2 Å². The maximum atomic E-state index is 14.8. The quantitative estimate of drug-likeness (QED) is 0.433. The molecular formula is C27H28ClFN6O4. The number of carbonyl (C=O) groups is 1. The van der Waals surface area contributed by atoms with Crippen LogP contribution in [0.4, 0.5) is 14.9 Å². The predicted molar refractivity (Wildman–Crippen MR) is 143 cm³/mol. The summed E-state index contributed by atoms with van der Waals surface area (Å²) in [5, 5.41) is 9.85. The number of hydrogen-bond acceptors (Lipinski definition) is 7. The number of hydrogen-bond donors (Lipinski definition) is 2. The molecule has 0 spiro atoms. The molecule has 3 aliphatic rings. The number of carbonyl (C=O) groups excluding carboxylic acids is 1. The number of amides is 2. The van der Waals surface area contributed by atoms with Crippen molar-refractivity contribution in [1.82, 2.24) is 25.0 Å². The number of aromatic nitrogens is 3. The normalized spacial score (nSPS) is 21.9. The zero-order chi connectivity index (χ0) is 27.0. The minimum Gasteiger partial charge on any atom is -0.439 e. The largest absolute Gasteiger partial charge is 0.439 e. The molecule has 1 saturated carbocycles. The average molecular weight is 555 g/mol. The molecule has 3 fully saturated rings. The molecule has 6 rings (SSSR count). The summed E-state index contributed by atoms with van der Waals surface area (Å²) in [6.45, 7) is 1.91. The van der Waals surface area contributed by atoms with E-state index in [1.807, 2.05) is 29.2 Å². The first-order valence-electron chi connectivity index (χ1n) is 13.0. The molecule has 204 valence electrons. The van der Waals surface area contributed by atoms with E-state index >= 15 is 0 Å². The summed E-state index contributed by atoms with van der Waals surface area (Å²) < 4.78 is 27.0. The van der Waals surface area contributed by atoms with Gasteiger partial charge in [-0.15, -0.1) is 0 Å². The Morgan fingerprint density at radius 3 is 2.59 bits per heavy atom. The van der Waals surface area contributed by atoms with E-state index in [1.165, 1.54) is 12.4 Å². The van der Waals surface area contributed by atoms with Crippen LogP contribution in [0.15, 0.2) is 53.6 Å². The third kappa shape index (κ3) is 5.04. The van der Waals surface area contributed by atoms with Crippen LogP contribution in [0.2, 0.25) is 5.02 Å². The Labute approximate surface area is 229 Å². The standard InChI is InChI=1S/C27H28ClFN6O4/c28-23-21(32-16-26(29)8-1-13-38-17-26)15-33-35(24(23)36)19-4-7-22(31-14-19)39-20-5-2-18(3-6-20)27(9-10-27)34-12-11-30-25(34)37/h2-7,14-15,32H,1,8-13,16-17H2,(H,30,37). The Hall–Kier alpha value is -3.70. The molecule has 1 aromatic carbocycles. The van der Waals surface area contributed by atoms with Gasteiger partial charge >= 0.3 is 6.03 Å². The molecule has 4 heterocycles. The van der Waals surface area contributed by atoms with Crippen LogP contribution in [0.3, 0.4) is 0 Å². The van der Waals surface area contributed by atoms with E-state index in [4.69, 9.17) is 21.1 Å². The van der Waals surface area contributed by atoms with Crippen molar-refractivity contribution in [3.63, 3.8) is 0 Å². The van der Waals surface area contributed by atoms with Gasteiger partial charge in [0.2, 0.25) is 5.88 Å². The number of ether oxygens (including phenoxy) is 2. The van der Waals surface area contributed by atoms with Crippen LogP contribution >= 0.6 is 11.6 Å². The summed E-state index contributed by atoms with van der Waals surface area (Å²) in [5.41, 5.74) is -0.539. The van der Waals surface area contributed by atoms with E-state index in [9.17, 15) is 14.0 Å². The molecule has 1 aliphatic carbocycles. The molecule has 2 saturated heterocycles. The van der Waals surface area contributed by atoms with Crippen LogP contribution in [-0.2, 0) is 10.3 Å². The molecule has 3 aromatic rings. The lowest BCUT2D eigenvalue weighted by Crippen LogP contribution is -2.40. The Morgan fingerprint density at radius 2 is 1.95 bits per heavy atom. The first-order chi connectivity index (χ1) is 18.9. The van der Waals surface area contributed by atoms with Gasteiger partial charge in [0.1, 0.15) is 10.8 Å². The highest BCUT2D eigenvalue weighted by Gasteiger charge is 2.52. The number of pyridine rings is 1. The van der Waals surface area contributed by atoms with Gasteiger partial charge < -0.3 is 25.0 Å². The van der Waals surface area contributed by atoms with E-state index in [1.54, 1.807) is 12.1 Å². The minimum absolute atomic E-state index is 0.00442. The summed E-state index contributed by atoms with van der Waals surface area (Å²) in [6, 6.07) is 10.9. The number of urea groups is 1. The van der Waals surface area contributed by atoms with Crippen LogP contribution in [0, 0.1) is 0 Å². The highest BCUT2D eigenvalue weighted by Crippen LogP contribution is 2.51. The van der Waals surface area contributed by atoms with Gasteiger partial charge in [0, 0.05) is 25.8 Å². The lowest BCUT2D eigenvalue weighted by molar-refractivity contribution is -0.0234. The second-order valence-corrected chi connectivity index (χ2v) is 10.5. The number of anilines is 1. The van der Waals surface area contributed by atoms with Crippen molar-refractivity contribution < 1.29 is 18.7 Å². The van der Waals surface area contributed by atoms with Gasteiger partial charge in [-0.1, -0.05) is 23.7 Å². The summed E-state index contributed by atoms with van der Waals surface area (Å²) >= 11 is 6.29. The van der Waals surface area contributed by atoms with E-state index < -0.39 is 11.2 Å². The third-order valence-corrected chi connectivity index (χ3v) is 7.83. The molecule has 2 N–H and O–H groups in total. The molecule has 0 radical (unpaired) electrons. The molecule has 2 amide bonds. The average Bonchev–Trinajstić information content (AvgIpc) is 3.64. The van der Waals surface area contributed by atoms with Crippen molar-refractivity contribution in [2.24, 2.45) is 0 Å². The van der Waals surface area contributed by atoms with Crippen molar-refractivity contribution >= 4 is 23.3 Å². The third-order valence-electron chi connectivity index (χ3n) is 7.47. The Balaban J connectivity index is 1.11. The zero-order valence-electron chi connectivity index (χ0n) is 21.2. The molecule has 12 heteroatoms. The maximum Gasteiger partial charge on any atom is 0.318 e. The highest BCUT2D eigenvalue weighted by atomic mass is 35.5. The van der Waals surface area contributed by atoms with Crippen LogP contribution in [0.5, 0.6) is 11.6 Å². The van der Waals surface area contributed by atoms with Gasteiger partial charge in [0.05, 0.1) is 42.5 Å². The second kappa shape index (κ2) is 10.1. The van der Waals surface area contributed by atoms with Gasteiger partial charge in [0.15, 0.2) is 5.67 Å². The minimum atomic E-state index is -1.51. The Kier molecular flexibility index (Phi) is 6.64. The second-order valence-electron chi connectivity index (χ2n) is 10.1. The topological polar surface area (TPSA) is 111 Å². The number of halogens is 2. The molecular weight excluding hydrogens is 527 g/mol. The maximum absolute atomic E-state index is 14.8. The number of nitrogens with zero attached hydrogens (tertiary/aromatic N) is 4. The summed E-state index contributed by atoms with van der Waals surface area (Å²) in [6.07, 6.45) is 5.77.